The molecule has 4 saturated carbocycles. The first-order chi connectivity index (χ1) is 15.6. The van der Waals surface area contributed by atoms with Crippen molar-refractivity contribution in [3.8, 4) is 5.75 Å². The molecule has 2 aromatic rings. The summed E-state index contributed by atoms with van der Waals surface area (Å²) in [5.41, 5.74) is 0.739. The van der Waals surface area contributed by atoms with E-state index < -0.39 is 14.1 Å². The summed E-state index contributed by atoms with van der Waals surface area (Å²) in [6, 6.07) is 13.1. The van der Waals surface area contributed by atoms with E-state index in [0.717, 1.165) is 23.1 Å². The van der Waals surface area contributed by atoms with Crippen molar-refractivity contribution in [2.24, 2.45) is 23.7 Å². The van der Waals surface area contributed by atoms with E-state index in [4.69, 9.17) is 18.9 Å². The van der Waals surface area contributed by atoms with Gasteiger partial charge >= 0.3 is 0 Å². The van der Waals surface area contributed by atoms with Crippen LogP contribution < -0.4 is 4.43 Å². The molecule has 1 unspecified atom stereocenters. The fourth-order valence-corrected chi connectivity index (χ4v) is 8.32. The van der Waals surface area contributed by atoms with Gasteiger partial charge in [0.25, 0.3) is 5.79 Å². The van der Waals surface area contributed by atoms with E-state index in [9.17, 15) is 0 Å². The third-order valence-electron chi connectivity index (χ3n) is 9.82. The predicted octanol–water partition coefficient (Wildman–Crippen LogP) is 7.18. The first kappa shape index (κ1) is 22.1. The SMILES string of the molecule is COC1(c2ccc3cc(O[Si](C)(C)C(C)(C)C)ccc3c2)OOC12C1CC3CC(C1)CC2C3. The smallest absolute Gasteiger partial charge is 0.260 e. The second kappa shape index (κ2) is 7.06. The molecule has 1 spiro atoms. The minimum absolute atomic E-state index is 0.172. The van der Waals surface area contributed by atoms with Gasteiger partial charge in [0.15, 0.2) is 5.60 Å². The molecule has 0 aromatic heterocycles. The van der Waals surface area contributed by atoms with Crippen LogP contribution in [-0.2, 0) is 20.3 Å². The van der Waals surface area contributed by atoms with Crippen molar-refractivity contribution < 1.29 is 18.9 Å². The van der Waals surface area contributed by atoms with Gasteiger partial charge in [-0.3, -0.25) is 0 Å². The van der Waals surface area contributed by atoms with Crippen molar-refractivity contribution in [3.05, 3.63) is 42.0 Å². The lowest BCUT2D eigenvalue weighted by Crippen LogP contribution is -2.76. The molecule has 1 heterocycles. The molecule has 178 valence electrons. The molecule has 2 aromatic carbocycles. The quantitative estimate of drug-likeness (QED) is 0.353. The number of hydrogen-bond donors (Lipinski definition) is 0. The lowest BCUT2D eigenvalue weighted by Gasteiger charge is -2.68. The molecule has 0 amide bonds. The van der Waals surface area contributed by atoms with Gasteiger partial charge in [-0.25, -0.2) is 4.89 Å². The van der Waals surface area contributed by atoms with Crippen molar-refractivity contribution in [1.82, 2.24) is 0 Å². The average molecular weight is 467 g/mol. The normalized spacial score (nSPS) is 37.5. The van der Waals surface area contributed by atoms with Crippen molar-refractivity contribution >= 4 is 19.1 Å². The number of methoxy groups -OCH3 is 1. The van der Waals surface area contributed by atoms with Gasteiger partial charge in [0.05, 0.1) is 0 Å². The first-order valence-electron chi connectivity index (χ1n) is 12.7. The molecule has 4 bridgehead atoms. The molecule has 5 fully saturated rings. The molecular weight excluding hydrogens is 428 g/mol. The molecule has 33 heavy (non-hydrogen) atoms. The Bertz CT molecular complexity index is 1050. The second-order valence-electron chi connectivity index (χ2n) is 12.7. The van der Waals surface area contributed by atoms with Crippen LogP contribution in [0.3, 0.4) is 0 Å². The summed E-state index contributed by atoms with van der Waals surface area (Å²) in [4.78, 5) is 12.1. The van der Waals surface area contributed by atoms with Gasteiger partial charge in [-0.05, 0) is 103 Å². The molecular formula is C28H38O4Si. The fourth-order valence-electron chi connectivity index (χ4n) is 7.30. The lowest BCUT2D eigenvalue weighted by atomic mass is 9.47. The summed E-state index contributed by atoms with van der Waals surface area (Å²) >= 11 is 0. The maximum absolute atomic E-state index is 6.55. The summed E-state index contributed by atoms with van der Waals surface area (Å²) in [5, 5.41) is 2.53. The van der Waals surface area contributed by atoms with E-state index in [1.807, 2.05) is 0 Å². The lowest BCUT2D eigenvalue weighted by molar-refractivity contribution is -0.645. The Hall–Kier alpha value is -1.40. The summed E-state index contributed by atoms with van der Waals surface area (Å²) < 4.78 is 12.8. The zero-order valence-corrected chi connectivity index (χ0v) is 21.9. The fraction of sp³-hybridized carbons (Fsp3) is 0.643. The van der Waals surface area contributed by atoms with Crippen LogP contribution in [0, 0.1) is 23.7 Å². The Morgan fingerprint density at radius 1 is 0.848 bits per heavy atom. The Labute approximate surface area is 199 Å². The third-order valence-corrected chi connectivity index (χ3v) is 14.2. The highest BCUT2D eigenvalue weighted by molar-refractivity contribution is 6.74. The standard InChI is InChI=1S/C28H38O4Si/c1-26(2,3)33(5,6)30-25-10-8-20-16-22(9-7-21(20)17-25)28(29-4)27(31-32-28)23-12-18-11-19(14-23)15-24(27)13-18/h7-10,16-19,23-24H,11-15H2,1-6H3. The zero-order valence-electron chi connectivity index (χ0n) is 20.9. The second-order valence-corrected chi connectivity index (χ2v) is 17.4. The molecule has 1 aliphatic heterocycles. The monoisotopic (exact) mass is 466 g/mol. The Morgan fingerprint density at radius 2 is 1.45 bits per heavy atom. The number of fused-ring (bicyclic) bond motifs is 1. The first-order valence-corrected chi connectivity index (χ1v) is 15.6. The number of hydrogen-bond acceptors (Lipinski definition) is 4. The van der Waals surface area contributed by atoms with Gasteiger partial charge in [0.2, 0.25) is 8.32 Å². The van der Waals surface area contributed by atoms with E-state index in [0.29, 0.717) is 11.8 Å². The highest BCUT2D eigenvalue weighted by atomic mass is 28.4. The van der Waals surface area contributed by atoms with Crippen LogP contribution in [0.15, 0.2) is 36.4 Å². The summed E-state index contributed by atoms with van der Waals surface area (Å²) in [6.45, 7) is 11.4. The van der Waals surface area contributed by atoms with Gasteiger partial charge in [0.1, 0.15) is 5.75 Å². The van der Waals surface area contributed by atoms with E-state index in [1.165, 1.54) is 42.9 Å². The predicted molar refractivity (Wildman–Crippen MR) is 132 cm³/mol. The van der Waals surface area contributed by atoms with E-state index in [2.05, 4.69) is 70.3 Å². The largest absolute Gasteiger partial charge is 0.543 e. The molecule has 0 radical (unpaired) electrons. The molecule has 1 saturated heterocycles. The molecule has 5 aliphatic rings. The summed E-state index contributed by atoms with van der Waals surface area (Å²) in [6.07, 6.45) is 6.43. The van der Waals surface area contributed by atoms with Crippen molar-refractivity contribution in [3.63, 3.8) is 0 Å². The van der Waals surface area contributed by atoms with E-state index in [1.54, 1.807) is 7.11 Å². The number of rotatable bonds is 4. The summed E-state index contributed by atoms with van der Waals surface area (Å²) in [5.74, 6) is 2.95. The molecule has 0 N–H and O–H groups in total. The van der Waals surface area contributed by atoms with Gasteiger partial charge < -0.3 is 9.16 Å². The third kappa shape index (κ3) is 2.98. The van der Waals surface area contributed by atoms with Crippen LogP contribution in [-0.4, -0.2) is 21.0 Å². The van der Waals surface area contributed by atoms with Crippen LogP contribution in [0.2, 0.25) is 18.1 Å². The van der Waals surface area contributed by atoms with Gasteiger partial charge in [-0.15, -0.1) is 0 Å². The molecule has 4 aliphatic carbocycles. The van der Waals surface area contributed by atoms with Crippen LogP contribution >= 0.6 is 0 Å². The minimum Gasteiger partial charge on any atom is -0.543 e. The highest BCUT2D eigenvalue weighted by Gasteiger charge is 2.76. The zero-order chi connectivity index (χ0) is 23.2. The Morgan fingerprint density at radius 3 is 2.00 bits per heavy atom. The van der Waals surface area contributed by atoms with Crippen molar-refractivity contribution in [1.29, 1.82) is 0 Å². The van der Waals surface area contributed by atoms with Crippen molar-refractivity contribution in [2.75, 3.05) is 7.11 Å². The Kier molecular flexibility index (Phi) is 4.73. The minimum atomic E-state index is -1.87. The summed E-state index contributed by atoms with van der Waals surface area (Å²) in [7, 11) is -0.0876. The molecule has 5 heteroatoms. The van der Waals surface area contributed by atoms with Gasteiger partial charge in [-0.2, -0.15) is 4.89 Å². The van der Waals surface area contributed by atoms with Gasteiger partial charge in [0, 0.05) is 12.7 Å². The maximum Gasteiger partial charge on any atom is 0.260 e. The van der Waals surface area contributed by atoms with E-state index in [-0.39, 0.29) is 10.6 Å². The van der Waals surface area contributed by atoms with Crippen LogP contribution in [0.5, 0.6) is 5.75 Å². The van der Waals surface area contributed by atoms with Crippen LogP contribution in [0.25, 0.3) is 10.8 Å². The van der Waals surface area contributed by atoms with Crippen molar-refractivity contribution in [2.45, 2.75) is 82.4 Å². The molecule has 1 atom stereocenters. The molecule has 4 nitrogen and oxygen atoms in total. The average Bonchev–Trinajstić information content (AvgIpc) is 2.72. The topological polar surface area (TPSA) is 36.9 Å². The van der Waals surface area contributed by atoms with Crippen LogP contribution in [0.1, 0.15) is 58.4 Å². The van der Waals surface area contributed by atoms with E-state index >= 15 is 0 Å². The van der Waals surface area contributed by atoms with Gasteiger partial charge in [-0.1, -0.05) is 39.0 Å². The number of benzene rings is 2. The molecule has 7 rings (SSSR count). The highest BCUT2D eigenvalue weighted by Crippen LogP contribution is 2.69. The maximum atomic E-state index is 6.55. The number of ether oxygens (including phenoxy) is 1. The van der Waals surface area contributed by atoms with Crippen LogP contribution in [0.4, 0.5) is 0 Å². The Balaban J connectivity index is 1.35.